The van der Waals surface area contributed by atoms with Crippen LogP contribution in [-0.4, -0.2) is 22.9 Å². The van der Waals surface area contributed by atoms with Gasteiger partial charge in [0.2, 0.25) is 0 Å². The van der Waals surface area contributed by atoms with Crippen LogP contribution in [0.3, 0.4) is 0 Å². The van der Waals surface area contributed by atoms with Crippen molar-refractivity contribution in [1.82, 2.24) is 0 Å². The van der Waals surface area contributed by atoms with Crippen molar-refractivity contribution < 1.29 is 19.4 Å². The van der Waals surface area contributed by atoms with E-state index in [0.717, 1.165) is 12.1 Å². The van der Waals surface area contributed by atoms with E-state index in [0.29, 0.717) is 0 Å². The smallest absolute Gasteiger partial charge is 0.288 e. The maximum Gasteiger partial charge on any atom is 0.288 e. The number of halogens is 1. The van der Waals surface area contributed by atoms with Gasteiger partial charge in [-0.3, -0.25) is 25.0 Å². The fourth-order valence-electron chi connectivity index (χ4n) is 1.90. The summed E-state index contributed by atoms with van der Waals surface area (Å²) in [6, 6.07) is 7.22. The van der Waals surface area contributed by atoms with Gasteiger partial charge < -0.3 is 10.1 Å². The van der Waals surface area contributed by atoms with Gasteiger partial charge >= 0.3 is 0 Å². The molecule has 0 radical (unpaired) electrons. The molecule has 0 unspecified atom stereocenters. The van der Waals surface area contributed by atoms with E-state index in [-0.39, 0.29) is 27.7 Å². The molecule has 124 valence electrons. The minimum atomic E-state index is -0.715. The summed E-state index contributed by atoms with van der Waals surface area (Å²) in [5, 5.41) is 24.0. The molecule has 0 atom stereocenters. The SMILES string of the molecule is COc1ccc([N+](=O)[O-])cc1NC(=O)c1ccc(Cl)c([N+](=O)[O-])c1. The molecule has 9 nitrogen and oxygen atoms in total. The molecule has 0 aliphatic rings. The van der Waals surface area contributed by atoms with E-state index in [9.17, 15) is 25.0 Å². The quantitative estimate of drug-likeness (QED) is 0.650. The van der Waals surface area contributed by atoms with Crippen LogP contribution in [0.4, 0.5) is 17.1 Å². The van der Waals surface area contributed by atoms with Gasteiger partial charge in [0.15, 0.2) is 0 Å². The molecule has 0 saturated heterocycles. The lowest BCUT2D eigenvalue weighted by molar-refractivity contribution is -0.384. The molecule has 2 rings (SSSR count). The summed E-state index contributed by atoms with van der Waals surface area (Å²) in [6.45, 7) is 0. The van der Waals surface area contributed by atoms with Crippen LogP contribution in [0.5, 0.6) is 5.75 Å². The Kier molecular flexibility index (Phi) is 4.95. The van der Waals surface area contributed by atoms with E-state index in [1.807, 2.05) is 0 Å². The van der Waals surface area contributed by atoms with Gasteiger partial charge in [-0.15, -0.1) is 0 Å². The number of anilines is 1. The van der Waals surface area contributed by atoms with E-state index >= 15 is 0 Å². The summed E-state index contributed by atoms with van der Waals surface area (Å²) in [5.41, 5.74) is -0.627. The van der Waals surface area contributed by atoms with Gasteiger partial charge in [-0.25, -0.2) is 0 Å². The highest BCUT2D eigenvalue weighted by Gasteiger charge is 2.18. The molecule has 1 amide bonds. The molecule has 2 aromatic rings. The van der Waals surface area contributed by atoms with Crippen molar-refractivity contribution in [3.63, 3.8) is 0 Å². The summed E-state index contributed by atoms with van der Waals surface area (Å²) in [7, 11) is 1.34. The Morgan fingerprint density at radius 1 is 1.12 bits per heavy atom. The van der Waals surface area contributed by atoms with Gasteiger partial charge in [-0.2, -0.15) is 0 Å². The predicted molar refractivity (Wildman–Crippen MR) is 85.7 cm³/mol. The van der Waals surface area contributed by atoms with Crippen molar-refractivity contribution in [2.45, 2.75) is 0 Å². The fraction of sp³-hybridized carbons (Fsp3) is 0.0714. The number of nitrogens with zero attached hydrogens (tertiary/aromatic N) is 2. The van der Waals surface area contributed by atoms with Gasteiger partial charge in [-0.1, -0.05) is 11.6 Å². The van der Waals surface area contributed by atoms with Crippen molar-refractivity contribution in [2.24, 2.45) is 0 Å². The average molecular weight is 352 g/mol. The van der Waals surface area contributed by atoms with Crippen LogP contribution in [0.1, 0.15) is 10.4 Å². The fourth-order valence-corrected chi connectivity index (χ4v) is 2.08. The van der Waals surface area contributed by atoms with Gasteiger partial charge in [0.05, 0.1) is 22.6 Å². The Morgan fingerprint density at radius 3 is 2.42 bits per heavy atom. The van der Waals surface area contributed by atoms with Crippen molar-refractivity contribution in [1.29, 1.82) is 0 Å². The molecule has 1 N–H and O–H groups in total. The monoisotopic (exact) mass is 351 g/mol. The Hall–Kier alpha value is -3.20. The van der Waals surface area contributed by atoms with Gasteiger partial charge in [0.25, 0.3) is 17.3 Å². The lowest BCUT2D eigenvalue weighted by Gasteiger charge is -2.10. The Bertz CT molecular complexity index is 839. The second kappa shape index (κ2) is 6.92. The normalized spacial score (nSPS) is 10.1. The van der Waals surface area contributed by atoms with Gasteiger partial charge in [0.1, 0.15) is 10.8 Å². The van der Waals surface area contributed by atoms with Crippen LogP contribution in [-0.2, 0) is 0 Å². The highest BCUT2D eigenvalue weighted by atomic mass is 35.5. The maximum absolute atomic E-state index is 12.2. The van der Waals surface area contributed by atoms with Crippen LogP contribution < -0.4 is 10.1 Å². The van der Waals surface area contributed by atoms with Crippen LogP contribution in [0.25, 0.3) is 0 Å². The van der Waals surface area contributed by atoms with E-state index in [2.05, 4.69) is 5.32 Å². The number of ether oxygens (including phenoxy) is 1. The lowest BCUT2D eigenvalue weighted by atomic mass is 10.1. The molecule has 0 fully saturated rings. The molecule has 2 aromatic carbocycles. The molecular weight excluding hydrogens is 342 g/mol. The summed E-state index contributed by atoms with van der Waals surface area (Å²) < 4.78 is 5.03. The first-order valence-electron chi connectivity index (χ1n) is 6.41. The third-order valence-electron chi connectivity index (χ3n) is 3.05. The van der Waals surface area contributed by atoms with Crippen LogP contribution in [0.2, 0.25) is 5.02 Å². The number of methoxy groups -OCH3 is 1. The zero-order chi connectivity index (χ0) is 17.9. The van der Waals surface area contributed by atoms with Crippen molar-refractivity contribution >= 4 is 34.6 Å². The third kappa shape index (κ3) is 3.58. The minimum absolute atomic E-state index is 0.0281. The molecule has 0 aromatic heterocycles. The molecule has 0 spiro atoms. The van der Waals surface area contributed by atoms with Crippen LogP contribution in [0, 0.1) is 20.2 Å². The maximum atomic E-state index is 12.2. The molecule has 0 aliphatic carbocycles. The van der Waals surface area contributed by atoms with Gasteiger partial charge in [0, 0.05) is 23.8 Å². The van der Waals surface area contributed by atoms with Crippen molar-refractivity contribution in [3.05, 3.63) is 67.2 Å². The van der Waals surface area contributed by atoms with Gasteiger partial charge in [-0.05, 0) is 18.2 Å². The van der Waals surface area contributed by atoms with Crippen LogP contribution in [0.15, 0.2) is 36.4 Å². The third-order valence-corrected chi connectivity index (χ3v) is 3.37. The number of hydrogen-bond donors (Lipinski definition) is 1. The summed E-state index contributed by atoms with van der Waals surface area (Å²) in [6.07, 6.45) is 0. The predicted octanol–water partition coefficient (Wildman–Crippen LogP) is 3.42. The Balaban J connectivity index is 2.36. The van der Waals surface area contributed by atoms with E-state index in [1.54, 1.807) is 0 Å². The largest absolute Gasteiger partial charge is 0.495 e. The number of nitrogens with one attached hydrogen (secondary N) is 1. The number of non-ortho nitro benzene ring substituents is 1. The number of hydrogen-bond acceptors (Lipinski definition) is 6. The molecule has 10 heteroatoms. The molecular formula is C14H10ClN3O6. The van der Waals surface area contributed by atoms with Crippen molar-refractivity contribution in [2.75, 3.05) is 12.4 Å². The van der Waals surface area contributed by atoms with Crippen LogP contribution >= 0.6 is 11.6 Å². The molecule has 0 bridgehead atoms. The van der Waals surface area contributed by atoms with E-state index < -0.39 is 21.4 Å². The minimum Gasteiger partial charge on any atom is -0.495 e. The first-order chi connectivity index (χ1) is 11.3. The number of carbonyl (C=O) groups is 1. The molecule has 0 saturated carbocycles. The van der Waals surface area contributed by atoms with E-state index in [1.165, 1.54) is 31.4 Å². The summed E-state index contributed by atoms with van der Waals surface area (Å²) >= 11 is 5.69. The number of nitro groups is 2. The highest BCUT2D eigenvalue weighted by molar-refractivity contribution is 6.32. The summed E-state index contributed by atoms with van der Waals surface area (Å²) in [4.78, 5) is 32.6. The summed E-state index contributed by atoms with van der Waals surface area (Å²) in [5.74, 6) is -0.494. The standard InChI is InChI=1S/C14H10ClN3O6/c1-24-13-5-3-9(17(20)21)7-11(13)16-14(19)8-2-4-10(15)12(6-8)18(22)23/h2-7H,1H3,(H,16,19). The number of amides is 1. The first kappa shape index (κ1) is 17.2. The van der Waals surface area contributed by atoms with Crippen molar-refractivity contribution in [3.8, 4) is 5.75 Å². The number of carbonyl (C=O) groups excluding carboxylic acids is 1. The second-order valence-corrected chi connectivity index (χ2v) is 4.93. The van der Waals surface area contributed by atoms with E-state index in [4.69, 9.17) is 16.3 Å². The Labute approximate surface area is 140 Å². The number of benzene rings is 2. The second-order valence-electron chi connectivity index (χ2n) is 4.52. The zero-order valence-corrected chi connectivity index (χ0v) is 12.9. The number of nitro benzene ring substituents is 2. The average Bonchev–Trinajstić information content (AvgIpc) is 2.54. The molecule has 0 aliphatic heterocycles. The number of rotatable bonds is 5. The Morgan fingerprint density at radius 2 is 1.83 bits per heavy atom. The highest BCUT2D eigenvalue weighted by Crippen LogP contribution is 2.30. The zero-order valence-electron chi connectivity index (χ0n) is 12.2. The molecule has 0 heterocycles. The molecule has 24 heavy (non-hydrogen) atoms. The topological polar surface area (TPSA) is 125 Å². The lowest BCUT2D eigenvalue weighted by Crippen LogP contribution is -2.13. The first-order valence-corrected chi connectivity index (χ1v) is 6.79.